The molecular weight excluding hydrogens is 215 g/mol. The second kappa shape index (κ2) is 4.30. The van der Waals surface area contributed by atoms with Crippen LogP contribution in [0.3, 0.4) is 0 Å². The highest BCUT2D eigenvalue weighted by molar-refractivity contribution is 5.68. The van der Waals surface area contributed by atoms with Crippen molar-refractivity contribution >= 4 is 0 Å². The average Bonchev–Trinajstić information content (AvgIpc) is 2.29. The highest BCUT2D eigenvalue weighted by Gasteiger charge is 2.19. The number of aliphatic hydroxyl groups is 1. The fourth-order valence-electron chi connectivity index (χ4n) is 1.90. The molecule has 0 aromatic heterocycles. The first-order valence-electron chi connectivity index (χ1n) is 5.56. The van der Waals surface area contributed by atoms with Crippen molar-refractivity contribution in [1.29, 1.82) is 0 Å². The van der Waals surface area contributed by atoms with E-state index in [1.54, 1.807) is 26.0 Å². The molecular formula is C15H15FO. The molecule has 0 radical (unpaired) electrons. The summed E-state index contributed by atoms with van der Waals surface area (Å²) in [7, 11) is 0. The van der Waals surface area contributed by atoms with Gasteiger partial charge in [-0.3, -0.25) is 0 Å². The van der Waals surface area contributed by atoms with E-state index in [2.05, 4.69) is 0 Å². The predicted octanol–water partition coefficient (Wildman–Crippen LogP) is 3.72. The molecule has 2 rings (SSSR count). The van der Waals surface area contributed by atoms with Gasteiger partial charge in [0.25, 0.3) is 0 Å². The van der Waals surface area contributed by atoms with Gasteiger partial charge in [0.1, 0.15) is 5.82 Å². The van der Waals surface area contributed by atoms with E-state index in [9.17, 15) is 9.50 Å². The summed E-state index contributed by atoms with van der Waals surface area (Å²) in [6.45, 7) is 3.49. The molecule has 0 unspecified atom stereocenters. The van der Waals surface area contributed by atoms with Crippen LogP contribution in [0.25, 0.3) is 11.1 Å². The summed E-state index contributed by atoms with van der Waals surface area (Å²) in [5.41, 5.74) is 1.76. The number of benzene rings is 2. The lowest BCUT2D eigenvalue weighted by Crippen LogP contribution is -2.16. The van der Waals surface area contributed by atoms with Crippen molar-refractivity contribution < 1.29 is 9.50 Å². The Morgan fingerprint density at radius 3 is 2.12 bits per heavy atom. The topological polar surface area (TPSA) is 20.2 Å². The Balaban J connectivity index is 2.56. The lowest BCUT2D eigenvalue weighted by atomic mass is 9.90. The third-order valence-electron chi connectivity index (χ3n) is 2.74. The Bertz CT molecular complexity index is 509. The van der Waals surface area contributed by atoms with Crippen LogP contribution in [0.2, 0.25) is 0 Å². The van der Waals surface area contributed by atoms with Crippen LogP contribution in [0.15, 0.2) is 48.5 Å². The third-order valence-corrected chi connectivity index (χ3v) is 2.74. The summed E-state index contributed by atoms with van der Waals surface area (Å²) >= 11 is 0. The van der Waals surface area contributed by atoms with Crippen LogP contribution in [0.5, 0.6) is 0 Å². The van der Waals surface area contributed by atoms with Gasteiger partial charge >= 0.3 is 0 Å². The predicted molar refractivity (Wildman–Crippen MR) is 67.1 cm³/mol. The molecule has 0 fully saturated rings. The van der Waals surface area contributed by atoms with Crippen molar-refractivity contribution in [2.75, 3.05) is 0 Å². The smallest absolute Gasteiger partial charge is 0.123 e. The summed E-state index contributed by atoms with van der Waals surface area (Å²) in [6.07, 6.45) is 0. The normalized spacial score (nSPS) is 11.5. The number of hydrogen-bond acceptors (Lipinski definition) is 1. The summed E-state index contributed by atoms with van der Waals surface area (Å²) in [6, 6.07) is 13.9. The van der Waals surface area contributed by atoms with E-state index in [4.69, 9.17) is 0 Å². The molecule has 0 saturated carbocycles. The molecule has 2 heteroatoms. The third kappa shape index (κ3) is 2.53. The lowest BCUT2D eigenvalue weighted by molar-refractivity contribution is 0.0792. The number of hydrogen-bond donors (Lipinski definition) is 1. The average molecular weight is 230 g/mol. The van der Waals surface area contributed by atoms with Crippen LogP contribution in [0.1, 0.15) is 19.4 Å². The second-order valence-corrected chi connectivity index (χ2v) is 4.61. The Hall–Kier alpha value is -1.67. The minimum atomic E-state index is -0.912. The van der Waals surface area contributed by atoms with E-state index >= 15 is 0 Å². The molecule has 0 spiro atoms. The first-order valence-corrected chi connectivity index (χ1v) is 5.56. The summed E-state index contributed by atoms with van der Waals surface area (Å²) in [5, 5.41) is 10.1. The maximum Gasteiger partial charge on any atom is 0.123 e. The van der Waals surface area contributed by atoms with E-state index in [-0.39, 0.29) is 5.82 Å². The van der Waals surface area contributed by atoms with Crippen LogP contribution in [0, 0.1) is 5.82 Å². The molecule has 0 heterocycles. The van der Waals surface area contributed by atoms with Gasteiger partial charge in [-0.05, 0) is 42.7 Å². The molecule has 1 nitrogen and oxygen atoms in total. The maximum absolute atomic E-state index is 12.9. The molecule has 88 valence electrons. The highest BCUT2D eigenvalue weighted by Crippen LogP contribution is 2.31. The zero-order chi connectivity index (χ0) is 12.5. The van der Waals surface area contributed by atoms with Crippen molar-refractivity contribution in [1.82, 2.24) is 0 Å². The minimum Gasteiger partial charge on any atom is -0.386 e. The molecule has 0 atom stereocenters. The Kier molecular flexibility index (Phi) is 2.99. The molecule has 0 amide bonds. The first kappa shape index (κ1) is 11.8. The Morgan fingerprint density at radius 1 is 0.941 bits per heavy atom. The van der Waals surface area contributed by atoms with E-state index < -0.39 is 5.60 Å². The highest BCUT2D eigenvalue weighted by atomic mass is 19.1. The van der Waals surface area contributed by atoms with E-state index in [1.165, 1.54) is 12.1 Å². The molecule has 0 saturated heterocycles. The molecule has 2 aromatic carbocycles. The van der Waals surface area contributed by atoms with E-state index in [0.29, 0.717) is 0 Å². The molecule has 0 aliphatic carbocycles. The standard InChI is InChI=1S/C15H15FO/c1-15(2,17)14-6-4-3-5-13(14)11-7-9-12(16)10-8-11/h3-10,17H,1-2H3. The Labute approximate surface area is 101 Å². The SMILES string of the molecule is CC(C)(O)c1ccccc1-c1ccc(F)cc1. The minimum absolute atomic E-state index is 0.255. The maximum atomic E-state index is 12.9. The van der Waals surface area contributed by atoms with Crippen molar-refractivity contribution in [3.63, 3.8) is 0 Å². The lowest BCUT2D eigenvalue weighted by Gasteiger charge is -2.21. The summed E-state index contributed by atoms with van der Waals surface area (Å²) in [5.74, 6) is -0.255. The van der Waals surface area contributed by atoms with Crippen molar-refractivity contribution in [2.45, 2.75) is 19.4 Å². The van der Waals surface area contributed by atoms with Gasteiger partial charge in [-0.2, -0.15) is 0 Å². The van der Waals surface area contributed by atoms with Gasteiger partial charge in [0.2, 0.25) is 0 Å². The number of rotatable bonds is 2. The van der Waals surface area contributed by atoms with Crippen molar-refractivity contribution in [2.24, 2.45) is 0 Å². The fraction of sp³-hybridized carbons (Fsp3) is 0.200. The van der Waals surface area contributed by atoms with Gasteiger partial charge in [0, 0.05) is 0 Å². The largest absolute Gasteiger partial charge is 0.386 e. The molecule has 0 bridgehead atoms. The van der Waals surface area contributed by atoms with E-state index in [1.807, 2.05) is 24.3 Å². The quantitative estimate of drug-likeness (QED) is 0.833. The summed E-state index contributed by atoms with van der Waals surface area (Å²) in [4.78, 5) is 0. The van der Waals surface area contributed by atoms with Crippen LogP contribution < -0.4 is 0 Å². The molecule has 0 aliphatic heterocycles. The van der Waals surface area contributed by atoms with Crippen LogP contribution in [0.4, 0.5) is 4.39 Å². The zero-order valence-electron chi connectivity index (χ0n) is 9.94. The van der Waals surface area contributed by atoms with E-state index in [0.717, 1.165) is 16.7 Å². The van der Waals surface area contributed by atoms with Gasteiger partial charge in [-0.15, -0.1) is 0 Å². The number of halogens is 1. The van der Waals surface area contributed by atoms with Gasteiger partial charge in [0.05, 0.1) is 5.60 Å². The fourth-order valence-corrected chi connectivity index (χ4v) is 1.90. The van der Waals surface area contributed by atoms with Crippen molar-refractivity contribution in [3.05, 3.63) is 59.9 Å². The van der Waals surface area contributed by atoms with Gasteiger partial charge in [-0.1, -0.05) is 36.4 Å². The first-order chi connectivity index (χ1) is 7.98. The zero-order valence-corrected chi connectivity index (χ0v) is 9.94. The van der Waals surface area contributed by atoms with Crippen LogP contribution in [-0.2, 0) is 5.60 Å². The summed E-state index contributed by atoms with van der Waals surface area (Å²) < 4.78 is 12.9. The molecule has 0 aliphatic rings. The monoisotopic (exact) mass is 230 g/mol. The molecule has 2 aromatic rings. The second-order valence-electron chi connectivity index (χ2n) is 4.61. The van der Waals surface area contributed by atoms with Gasteiger partial charge in [0.15, 0.2) is 0 Å². The Morgan fingerprint density at radius 2 is 1.53 bits per heavy atom. The van der Waals surface area contributed by atoms with Crippen LogP contribution in [-0.4, -0.2) is 5.11 Å². The molecule has 1 N–H and O–H groups in total. The van der Waals surface area contributed by atoms with Crippen molar-refractivity contribution in [3.8, 4) is 11.1 Å². The van der Waals surface area contributed by atoms with Gasteiger partial charge in [-0.25, -0.2) is 4.39 Å². The van der Waals surface area contributed by atoms with Crippen LogP contribution >= 0.6 is 0 Å². The molecule has 17 heavy (non-hydrogen) atoms. The van der Waals surface area contributed by atoms with Gasteiger partial charge < -0.3 is 5.11 Å².